The fourth-order valence-corrected chi connectivity index (χ4v) is 1.60. The summed E-state index contributed by atoms with van der Waals surface area (Å²) in [6.45, 7) is 1.89. The topological polar surface area (TPSA) is 48.7 Å². The van der Waals surface area contributed by atoms with Gasteiger partial charge in [0.2, 0.25) is 11.2 Å². The molecule has 2 rings (SSSR count). The molecule has 16 heavy (non-hydrogen) atoms. The minimum atomic E-state index is -0.193. The Labute approximate surface area is 92.4 Å². The second kappa shape index (κ2) is 3.89. The van der Waals surface area contributed by atoms with Crippen LogP contribution in [-0.2, 0) is 0 Å². The van der Waals surface area contributed by atoms with Crippen molar-refractivity contribution in [2.24, 2.45) is 0 Å². The number of aryl methyl sites for hydroxylation is 1. The third kappa shape index (κ3) is 1.52. The Balaban J connectivity index is 2.82. The van der Waals surface area contributed by atoms with E-state index in [2.05, 4.69) is 0 Å². The van der Waals surface area contributed by atoms with Crippen molar-refractivity contribution in [3.63, 3.8) is 0 Å². The van der Waals surface area contributed by atoms with Gasteiger partial charge in [-0.3, -0.25) is 4.79 Å². The van der Waals surface area contributed by atoms with Gasteiger partial charge in [0.1, 0.15) is 17.6 Å². The van der Waals surface area contributed by atoms with Crippen molar-refractivity contribution in [1.29, 1.82) is 0 Å². The first kappa shape index (κ1) is 10.5. The zero-order chi connectivity index (χ0) is 11.7. The second-order valence-electron chi connectivity index (χ2n) is 3.45. The average molecular weight is 220 g/mol. The van der Waals surface area contributed by atoms with Gasteiger partial charge in [0.25, 0.3) is 0 Å². The van der Waals surface area contributed by atoms with Crippen LogP contribution in [0, 0.1) is 6.92 Å². The summed E-state index contributed by atoms with van der Waals surface area (Å²) >= 11 is 0. The van der Waals surface area contributed by atoms with E-state index in [4.69, 9.17) is 13.9 Å². The minimum absolute atomic E-state index is 0.193. The van der Waals surface area contributed by atoms with E-state index in [1.165, 1.54) is 13.4 Å². The van der Waals surface area contributed by atoms with Gasteiger partial charge in [0.05, 0.1) is 19.6 Å². The minimum Gasteiger partial charge on any atom is -0.496 e. The van der Waals surface area contributed by atoms with Crippen LogP contribution in [0.15, 0.2) is 27.6 Å². The van der Waals surface area contributed by atoms with Gasteiger partial charge in [0.15, 0.2) is 0 Å². The fraction of sp³-hybridized carbons (Fsp3) is 0.250. The van der Waals surface area contributed by atoms with E-state index in [-0.39, 0.29) is 11.2 Å². The predicted molar refractivity (Wildman–Crippen MR) is 60.3 cm³/mol. The summed E-state index contributed by atoms with van der Waals surface area (Å²) in [5.41, 5.74) is 1.26. The number of hydrogen-bond donors (Lipinski definition) is 0. The predicted octanol–water partition coefficient (Wildman–Crippen LogP) is 2.12. The molecular formula is C12H12O4. The van der Waals surface area contributed by atoms with Gasteiger partial charge in [-0.2, -0.15) is 0 Å². The quantitative estimate of drug-likeness (QED) is 0.777. The van der Waals surface area contributed by atoms with Crippen molar-refractivity contribution in [1.82, 2.24) is 0 Å². The molecule has 0 atom stereocenters. The third-order valence-corrected chi connectivity index (χ3v) is 2.48. The van der Waals surface area contributed by atoms with Crippen LogP contribution in [0.5, 0.6) is 11.5 Å². The number of ether oxygens (including phenoxy) is 2. The Bertz CT molecular complexity index is 583. The molecule has 0 unspecified atom stereocenters. The van der Waals surface area contributed by atoms with Crippen molar-refractivity contribution in [3.05, 3.63) is 34.2 Å². The van der Waals surface area contributed by atoms with Gasteiger partial charge in [-0.05, 0) is 24.6 Å². The SMILES string of the molecule is COc1cc2c(=O)c(OC)coc2cc1C. The zero-order valence-corrected chi connectivity index (χ0v) is 9.37. The summed E-state index contributed by atoms with van der Waals surface area (Å²) < 4.78 is 15.4. The second-order valence-corrected chi connectivity index (χ2v) is 3.45. The maximum atomic E-state index is 11.9. The molecular weight excluding hydrogens is 208 g/mol. The Kier molecular flexibility index (Phi) is 2.56. The molecule has 4 heteroatoms. The molecule has 0 bridgehead atoms. The molecule has 0 amide bonds. The molecule has 1 aromatic heterocycles. The van der Waals surface area contributed by atoms with Crippen LogP contribution in [0.25, 0.3) is 11.0 Å². The Morgan fingerprint density at radius 2 is 1.81 bits per heavy atom. The number of benzene rings is 1. The number of fused-ring (bicyclic) bond motifs is 1. The van der Waals surface area contributed by atoms with Crippen molar-refractivity contribution in [3.8, 4) is 11.5 Å². The lowest BCUT2D eigenvalue weighted by Gasteiger charge is -2.06. The summed E-state index contributed by atoms with van der Waals surface area (Å²) in [6, 6.07) is 3.44. The highest BCUT2D eigenvalue weighted by atomic mass is 16.5. The first-order valence-corrected chi connectivity index (χ1v) is 4.81. The molecule has 0 N–H and O–H groups in total. The van der Waals surface area contributed by atoms with Crippen LogP contribution >= 0.6 is 0 Å². The first-order valence-electron chi connectivity index (χ1n) is 4.81. The molecule has 0 aliphatic rings. The smallest absolute Gasteiger partial charge is 0.234 e. The van der Waals surface area contributed by atoms with Crippen LogP contribution in [0.2, 0.25) is 0 Å². The highest BCUT2D eigenvalue weighted by Gasteiger charge is 2.10. The largest absolute Gasteiger partial charge is 0.496 e. The molecule has 0 aliphatic heterocycles. The van der Waals surface area contributed by atoms with Gasteiger partial charge in [-0.15, -0.1) is 0 Å². The molecule has 4 nitrogen and oxygen atoms in total. The van der Waals surface area contributed by atoms with Crippen LogP contribution in [0.1, 0.15) is 5.56 Å². The number of hydrogen-bond acceptors (Lipinski definition) is 4. The molecule has 84 valence electrons. The van der Waals surface area contributed by atoms with Gasteiger partial charge in [-0.1, -0.05) is 0 Å². The van der Waals surface area contributed by atoms with Gasteiger partial charge < -0.3 is 13.9 Å². The van der Waals surface area contributed by atoms with Crippen molar-refractivity contribution >= 4 is 11.0 Å². The van der Waals surface area contributed by atoms with Gasteiger partial charge in [0, 0.05) is 0 Å². The van der Waals surface area contributed by atoms with E-state index >= 15 is 0 Å². The van der Waals surface area contributed by atoms with Gasteiger partial charge >= 0.3 is 0 Å². The summed E-state index contributed by atoms with van der Waals surface area (Å²) in [5.74, 6) is 0.853. The van der Waals surface area contributed by atoms with E-state index in [1.807, 2.05) is 6.92 Å². The summed E-state index contributed by atoms with van der Waals surface area (Å²) in [4.78, 5) is 11.9. The van der Waals surface area contributed by atoms with E-state index < -0.39 is 0 Å². The lowest BCUT2D eigenvalue weighted by atomic mass is 10.1. The molecule has 1 aromatic carbocycles. The van der Waals surface area contributed by atoms with E-state index in [0.717, 1.165) is 5.56 Å². The molecule has 2 aromatic rings. The normalized spacial score (nSPS) is 10.4. The number of methoxy groups -OCH3 is 2. The Morgan fingerprint density at radius 1 is 1.12 bits per heavy atom. The van der Waals surface area contributed by atoms with Crippen LogP contribution in [-0.4, -0.2) is 14.2 Å². The van der Waals surface area contributed by atoms with Crippen LogP contribution in [0.4, 0.5) is 0 Å². The lowest BCUT2D eigenvalue weighted by molar-refractivity contribution is 0.393. The highest BCUT2D eigenvalue weighted by molar-refractivity contribution is 5.80. The van der Waals surface area contributed by atoms with E-state index in [0.29, 0.717) is 16.7 Å². The van der Waals surface area contributed by atoms with Crippen molar-refractivity contribution in [2.75, 3.05) is 14.2 Å². The summed E-state index contributed by atoms with van der Waals surface area (Å²) in [6.07, 6.45) is 1.32. The van der Waals surface area contributed by atoms with Crippen LogP contribution in [0.3, 0.4) is 0 Å². The van der Waals surface area contributed by atoms with Crippen LogP contribution < -0.4 is 14.9 Å². The highest BCUT2D eigenvalue weighted by Crippen LogP contribution is 2.24. The molecule has 0 saturated heterocycles. The Morgan fingerprint density at radius 3 is 2.44 bits per heavy atom. The Hall–Kier alpha value is -1.97. The average Bonchev–Trinajstić information content (AvgIpc) is 2.29. The standard InChI is InChI=1S/C12H12O4/c1-7-4-10-8(5-9(7)14-2)12(13)11(15-3)6-16-10/h4-6H,1-3H3. The first-order chi connectivity index (χ1) is 7.67. The molecule has 0 fully saturated rings. The molecule has 0 spiro atoms. The fourth-order valence-electron chi connectivity index (χ4n) is 1.60. The van der Waals surface area contributed by atoms with E-state index in [1.54, 1.807) is 19.2 Å². The molecule has 1 heterocycles. The zero-order valence-electron chi connectivity index (χ0n) is 9.37. The molecule has 0 aliphatic carbocycles. The maximum Gasteiger partial charge on any atom is 0.234 e. The third-order valence-electron chi connectivity index (χ3n) is 2.48. The number of rotatable bonds is 2. The van der Waals surface area contributed by atoms with Gasteiger partial charge in [-0.25, -0.2) is 0 Å². The van der Waals surface area contributed by atoms with Crippen molar-refractivity contribution in [2.45, 2.75) is 6.92 Å². The molecule has 0 saturated carbocycles. The summed E-state index contributed by atoms with van der Waals surface area (Å²) in [5, 5.41) is 0.460. The van der Waals surface area contributed by atoms with Crippen molar-refractivity contribution < 1.29 is 13.9 Å². The molecule has 0 radical (unpaired) electrons. The maximum absolute atomic E-state index is 11.9. The lowest BCUT2D eigenvalue weighted by Crippen LogP contribution is -2.05. The monoisotopic (exact) mass is 220 g/mol. The summed E-state index contributed by atoms with van der Waals surface area (Å²) in [7, 11) is 3.00. The van der Waals surface area contributed by atoms with E-state index in [9.17, 15) is 4.79 Å².